The summed E-state index contributed by atoms with van der Waals surface area (Å²) in [6.45, 7) is 13.5. The summed E-state index contributed by atoms with van der Waals surface area (Å²) in [7, 11) is 0. The van der Waals surface area contributed by atoms with Gasteiger partial charge in [-0.25, -0.2) is 0 Å². The maximum absolute atomic E-state index is 11.1. The van der Waals surface area contributed by atoms with E-state index in [2.05, 4.69) is 167 Å². The first kappa shape index (κ1) is 44.8. The molecule has 1 N–H and O–H groups in total. The molecule has 0 unspecified atom stereocenters. The van der Waals surface area contributed by atoms with Crippen LogP contribution in [0.2, 0.25) is 0 Å². The number of nitrogens with zero attached hydrogens (tertiary/aromatic N) is 4. The predicted octanol–water partition coefficient (Wildman–Crippen LogP) is 15.5. The number of aromatic hydroxyl groups is 1. The Bertz CT molecular complexity index is 3510. The van der Waals surface area contributed by atoms with Gasteiger partial charge in [-0.05, 0) is 98.3 Å². The molecule has 0 aliphatic carbocycles. The molecule has 0 atom stereocenters. The number of hydrogen-bond donors (Lipinski definition) is 1. The van der Waals surface area contributed by atoms with Crippen LogP contribution >= 0.6 is 0 Å². The van der Waals surface area contributed by atoms with Crippen molar-refractivity contribution in [2.45, 2.75) is 52.4 Å². The van der Waals surface area contributed by atoms with E-state index in [-0.39, 0.29) is 37.6 Å². The van der Waals surface area contributed by atoms with Crippen LogP contribution in [0, 0.1) is 17.4 Å². The van der Waals surface area contributed by atoms with Gasteiger partial charge in [0.25, 0.3) is 0 Å². The summed E-state index contributed by atoms with van der Waals surface area (Å²) in [5, 5.41) is 23.4. The Balaban J connectivity index is 0.00000562. The van der Waals surface area contributed by atoms with E-state index in [1.807, 2.05) is 66.9 Å². The third kappa shape index (κ3) is 8.62. The Morgan fingerprint density at radius 3 is 1.85 bits per heavy atom. The van der Waals surface area contributed by atoms with Gasteiger partial charge in [0.05, 0.1) is 28.4 Å². The first-order valence-electron chi connectivity index (χ1n) is 22.4. The standard InChI is InChI=1S/C61H49N4O.Pt/c1-60(2,3)46-31-44(32-47(37-46)61(4,5)6)45-35-55(64-56(36-45)53-23-10-12-27-58(53)66)42-19-13-18-41(30-42)54-34-40(28-29-63-54)50-24-15-25-52-51-22-9-11-26-57(51)65(59(50)52)48-20-14-17-39(33-48)49-21-8-7-16-43(49)38-62;/h7-29,31-37,66H,1-6H3;/q-1;. The van der Waals surface area contributed by atoms with E-state index in [0.29, 0.717) is 16.8 Å². The maximum Gasteiger partial charge on any atom is 0.124 e. The molecule has 6 heteroatoms. The van der Waals surface area contributed by atoms with Gasteiger partial charge in [0.1, 0.15) is 5.75 Å². The van der Waals surface area contributed by atoms with Crippen molar-refractivity contribution in [1.29, 1.82) is 5.26 Å². The fourth-order valence-corrected chi connectivity index (χ4v) is 9.00. The molecule has 0 aliphatic heterocycles. The van der Waals surface area contributed by atoms with Gasteiger partial charge in [-0.2, -0.15) is 5.26 Å². The van der Waals surface area contributed by atoms with Crippen LogP contribution in [0.15, 0.2) is 182 Å². The zero-order valence-corrected chi connectivity index (χ0v) is 40.6. The van der Waals surface area contributed by atoms with Crippen molar-refractivity contribution in [3.8, 4) is 84.7 Å². The van der Waals surface area contributed by atoms with Crippen molar-refractivity contribution in [3.05, 3.63) is 205 Å². The largest absolute Gasteiger partial charge is 0.507 e. The van der Waals surface area contributed by atoms with Crippen molar-refractivity contribution in [1.82, 2.24) is 14.5 Å². The molecule has 330 valence electrons. The quantitative estimate of drug-likeness (QED) is 0.161. The number of hydrogen-bond acceptors (Lipinski definition) is 4. The van der Waals surface area contributed by atoms with E-state index in [9.17, 15) is 10.4 Å². The van der Waals surface area contributed by atoms with Crippen LogP contribution in [0.4, 0.5) is 0 Å². The van der Waals surface area contributed by atoms with Gasteiger partial charge in [0.15, 0.2) is 0 Å². The third-order valence-electron chi connectivity index (χ3n) is 12.6. The Morgan fingerprint density at radius 2 is 1.10 bits per heavy atom. The molecule has 67 heavy (non-hydrogen) atoms. The van der Waals surface area contributed by atoms with E-state index in [4.69, 9.17) is 9.97 Å². The molecule has 0 bridgehead atoms. The molecular formula is C61H49N4OPt-. The van der Waals surface area contributed by atoms with Gasteiger partial charge in [0.2, 0.25) is 0 Å². The summed E-state index contributed by atoms with van der Waals surface area (Å²) in [5.41, 5.74) is 16.9. The van der Waals surface area contributed by atoms with Gasteiger partial charge >= 0.3 is 0 Å². The number of rotatable bonds is 7. The molecule has 10 rings (SSSR count). The van der Waals surface area contributed by atoms with Crippen LogP contribution in [0.25, 0.3) is 94.6 Å². The van der Waals surface area contributed by atoms with Gasteiger partial charge < -0.3 is 9.67 Å². The average molecular weight is 1050 g/mol. The smallest absolute Gasteiger partial charge is 0.124 e. The SMILES string of the molecule is CC(C)(C)c1cc(-c2cc(-c3[c-]c(-c4cc(-c5cccc6c7ccccc7n(-c7cccc(-c8ccccc8C#N)c7)c56)ccn4)ccc3)nc(-c3ccccc3O)c2)cc(C(C)(C)C)c1.[Pt]. The number of pyridine rings is 2. The Labute approximate surface area is 407 Å². The summed E-state index contributed by atoms with van der Waals surface area (Å²) >= 11 is 0. The average Bonchev–Trinajstić information content (AvgIpc) is 3.68. The summed E-state index contributed by atoms with van der Waals surface area (Å²) < 4.78 is 2.34. The van der Waals surface area contributed by atoms with Gasteiger partial charge in [0, 0.05) is 66.2 Å². The van der Waals surface area contributed by atoms with Crippen LogP contribution in [0.3, 0.4) is 0 Å². The maximum atomic E-state index is 11.1. The van der Waals surface area contributed by atoms with E-state index in [0.717, 1.165) is 83.4 Å². The molecule has 7 aromatic carbocycles. The van der Waals surface area contributed by atoms with Crippen LogP contribution in [0.1, 0.15) is 58.2 Å². The van der Waals surface area contributed by atoms with E-state index in [1.165, 1.54) is 11.1 Å². The van der Waals surface area contributed by atoms with E-state index in [1.54, 1.807) is 6.07 Å². The number of para-hydroxylation sites is 3. The van der Waals surface area contributed by atoms with Gasteiger partial charge in [-0.15, -0.1) is 24.3 Å². The number of benzene rings is 7. The predicted molar refractivity (Wildman–Crippen MR) is 272 cm³/mol. The van der Waals surface area contributed by atoms with E-state index >= 15 is 0 Å². The van der Waals surface area contributed by atoms with Crippen molar-refractivity contribution >= 4 is 21.8 Å². The number of aromatic nitrogens is 3. The molecule has 3 aromatic heterocycles. The fraction of sp³-hybridized carbons (Fsp3) is 0.131. The second-order valence-electron chi connectivity index (χ2n) is 19.1. The van der Waals surface area contributed by atoms with Crippen LogP contribution in [-0.2, 0) is 31.9 Å². The molecular weight excluding hydrogens is 1000 g/mol. The first-order valence-corrected chi connectivity index (χ1v) is 22.4. The second kappa shape index (κ2) is 17.8. The minimum Gasteiger partial charge on any atom is -0.507 e. The molecule has 0 fully saturated rings. The van der Waals surface area contributed by atoms with Crippen molar-refractivity contribution in [2.24, 2.45) is 0 Å². The van der Waals surface area contributed by atoms with Crippen LogP contribution in [0.5, 0.6) is 5.75 Å². The van der Waals surface area contributed by atoms with Crippen LogP contribution in [-0.4, -0.2) is 19.6 Å². The van der Waals surface area contributed by atoms with Crippen LogP contribution < -0.4 is 0 Å². The zero-order chi connectivity index (χ0) is 45.7. The summed E-state index contributed by atoms with van der Waals surface area (Å²) in [5.74, 6) is 0.178. The molecule has 5 nitrogen and oxygen atoms in total. The molecule has 0 radical (unpaired) electrons. The molecule has 0 saturated carbocycles. The number of nitriles is 1. The minimum atomic E-state index is -0.0608. The normalized spacial score (nSPS) is 11.7. The monoisotopic (exact) mass is 1050 g/mol. The number of fused-ring (bicyclic) bond motifs is 3. The molecule has 0 saturated heterocycles. The Morgan fingerprint density at radius 1 is 0.522 bits per heavy atom. The zero-order valence-electron chi connectivity index (χ0n) is 38.4. The van der Waals surface area contributed by atoms with Crippen molar-refractivity contribution in [3.63, 3.8) is 0 Å². The number of phenolic OH excluding ortho intramolecular Hbond substituents is 1. The van der Waals surface area contributed by atoms with Gasteiger partial charge in [-0.1, -0.05) is 162 Å². The summed E-state index contributed by atoms with van der Waals surface area (Å²) in [6.07, 6.45) is 1.88. The third-order valence-corrected chi connectivity index (χ3v) is 12.6. The molecule has 0 aliphatic rings. The molecule has 0 spiro atoms. The molecule has 3 heterocycles. The minimum absolute atomic E-state index is 0. The topological polar surface area (TPSA) is 74.7 Å². The Kier molecular flexibility index (Phi) is 11.9. The van der Waals surface area contributed by atoms with Crippen molar-refractivity contribution < 1.29 is 26.2 Å². The molecule has 0 amide bonds. The summed E-state index contributed by atoms with van der Waals surface area (Å²) in [6, 6.07) is 66.2. The van der Waals surface area contributed by atoms with E-state index < -0.39 is 0 Å². The van der Waals surface area contributed by atoms with Crippen molar-refractivity contribution in [2.75, 3.05) is 0 Å². The fourth-order valence-electron chi connectivity index (χ4n) is 9.00. The Hall–Kier alpha value is -7.38. The number of phenols is 1. The molecule has 10 aromatic rings. The van der Waals surface area contributed by atoms with Gasteiger partial charge in [-0.3, -0.25) is 9.97 Å². The summed E-state index contributed by atoms with van der Waals surface area (Å²) in [4.78, 5) is 10.1. The first-order chi connectivity index (χ1) is 31.8. The second-order valence-corrected chi connectivity index (χ2v) is 19.1.